The van der Waals surface area contributed by atoms with Crippen molar-refractivity contribution in [2.75, 3.05) is 32.5 Å². The molecule has 2 heterocycles. The van der Waals surface area contributed by atoms with Crippen LogP contribution < -0.4 is 10.6 Å². The van der Waals surface area contributed by atoms with Crippen LogP contribution in [0, 0.1) is 6.92 Å². The summed E-state index contributed by atoms with van der Waals surface area (Å²) >= 11 is 0. The summed E-state index contributed by atoms with van der Waals surface area (Å²) in [6.07, 6.45) is 0. The van der Waals surface area contributed by atoms with E-state index in [0.29, 0.717) is 18.0 Å². The third-order valence-electron chi connectivity index (χ3n) is 5.38. The molecule has 4 rings (SSSR count). The molecule has 164 valence electrons. The molecule has 2 aromatic carbocycles. The molecule has 0 radical (unpaired) electrons. The minimum atomic E-state index is -0.206. The number of para-hydroxylation sites is 1. The Balaban J connectivity index is 1.78. The fourth-order valence-electron chi connectivity index (χ4n) is 3.56. The van der Waals surface area contributed by atoms with E-state index in [9.17, 15) is 4.79 Å². The van der Waals surface area contributed by atoms with Crippen molar-refractivity contribution < 1.29 is 4.79 Å². The molecule has 0 atom stereocenters. The van der Waals surface area contributed by atoms with Crippen molar-refractivity contribution in [3.8, 4) is 11.3 Å². The van der Waals surface area contributed by atoms with E-state index in [1.54, 1.807) is 4.57 Å². The third-order valence-corrected chi connectivity index (χ3v) is 5.38. The number of hydrogen-bond donors (Lipinski definition) is 2. The summed E-state index contributed by atoms with van der Waals surface area (Å²) in [5, 5.41) is 6.47. The molecule has 0 aliphatic carbocycles. The molecule has 2 aromatic heterocycles. The second-order valence-electron chi connectivity index (χ2n) is 8.09. The number of hydrogen-bond acceptors (Lipinski definition) is 5. The summed E-state index contributed by atoms with van der Waals surface area (Å²) in [4.78, 5) is 24.2. The summed E-state index contributed by atoms with van der Waals surface area (Å²) in [5.41, 5.74) is 6.11. The zero-order valence-corrected chi connectivity index (χ0v) is 18.9. The van der Waals surface area contributed by atoms with Crippen molar-refractivity contribution in [3.63, 3.8) is 0 Å². The lowest BCUT2D eigenvalue weighted by molar-refractivity contribution is 0.0938. The van der Waals surface area contributed by atoms with Crippen LogP contribution in [0.5, 0.6) is 0 Å². The van der Waals surface area contributed by atoms with Gasteiger partial charge in [-0.25, -0.2) is 9.97 Å². The van der Waals surface area contributed by atoms with Gasteiger partial charge in [0.15, 0.2) is 5.65 Å². The van der Waals surface area contributed by atoms with Gasteiger partial charge in [-0.2, -0.15) is 0 Å². The highest BCUT2D eigenvalue weighted by Crippen LogP contribution is 2.32. The molecule has 0 saturated carbocycles. The highest BCUT2D eigenvalue weighted by molar-refractivity contribution is 5.96. The van der Waals surface area contributed by atoms with E-state index >= 15 is 0 Å². The molecule has 7 nitrogen and oxygen atoms in total. The van der Waals surface area contributed by atoms with Crippen LogP contribution >= 0.6 is 0 Å². The predicted octanol–water partition coefficient (Wildman–Crippen LogP) is 3.98. The lowest BCUT2D eigenvalue weighted by Crippen LogP contribution is -2.32. The number of fused-ring (bicyclic) bond motifs is 1. The van der Waals surface area contributed by atoms with Crippen LogP contribution in [-0.2, 0) is 7.05 Å². The number of amides is 1. The van der Waals surface area contributed by atoms with Gasteiger partial charge in [0, 0.05) is 31.4 Å². The van der Waals surface area contributed by atoms with Crippen LogP contribution in [0.25, 0.3) is 22.4 Å². The number of carbonyl (C=O) groups is 1. The van der Waals surface area contributed by atoms with Crippen molar-refractivity contribution >= 4 is 28.4 Å². The van der Waals surface area contributed by atoms with Crippen molar-refractivity contribution in [2.45, 2.75) is 6.92 Å². The van der Waals surface area contributed by atoms with Gasteiger partial charge in [0.25, 0.3) is 5.91 Å². The van der Waals surface area contributed by atoms with Crippen LogP contribution in [0.4, 0.5) is 11.4 Å². The molecule has 2 N–H and O–H groups in total. The maximum atomic E-state index is 12.7. The molecule has 4 aromatic rings. The topological polar surface area (TPSA) is 75.1 Å². The van der Waals surface area contributed by atoms with Crippen LogP contribution in [-0.4, -0.2) is 52.5 Å². The number of aromatic nitrogens is 3. The fraction of sp³-hybridized carbons (Fsp3) is 0.240. The van der Waals surface area contributed by atoms with Gasteiger partial charge in [-0.15, -0.1) is 0 Å². The van der Waals surface area contributed by atoms with E-state index in [1.807, 2.05) is 80.6 Å². The molecule has 0 unspecified atom stereocenters. The highest BCUT2D eigenvalue weighted by Gasteiger charge is 2.19. The Hall–Kier alpha value is -3.71. The molecule has 32 heavy (non-hydrogen) atoms. The quantitative estimate of drug-likeness (QED) is 0.466. The van der Waals surface area contributed by atoms with Crippen molar-refractivity contribution in [3.05, 3.63) is 72.1 Å². The molecule has 0 aliphatic rings. The van der Waals surface area contributed by atoms with E-state index in [1.165, 1.54) is 0 Å². The van der Waals surface area contributed by atoms with Crippen LogP contribution in [0.1, 0.15) is 16.2 Å². The number of benzene rings is 2. The molecule has 0 saturated heterocycles. The first-order valence-corrected chi connectivity index (χ1v) is 10.6. The second-order valence-corrected chi connectivity index (χ2v) is 8.09. The average molecular weight is 429 g/mol. The smallest absolute Gasteiger partial charge is 0.287 e. The van der Waals surface area contributed by atoms with Gasteiger partial charge in [-0.1, -0.05) is 48.5 Å². The van der Waals surface area contributed by atoms with Gasteiger partial charge in [-0.05, 0) is 38.7 Å². The number of anilines is 2. The molecule has 0 bridgehead atoms. The largest absolute Gasteiger partial charge is 0.353 e. The monoisotopic (exact) mass is 428 g/mol. The zero-order valence-electron chi connectivity index (χ0n) is 18.9. The Labute approximate surface area is 188 Å². The van der Waals surface area contributed by atoms with E-state index < -0.39 is 0 Å². The summed E-state index contributed by atoms with van der Waals surface area (Å²) in [6, 6.07) is 20.1. The summed E-state index contributed by atoms with van der Waals surface area (Å²) < 4.78 is 1.80. The van der Waals surface area contributed by atoms with Gasteiger partial charge < -0.3 is 20.1 Å². The van der Waals surface area contributed by atoms with E-state index in [-0.39, 0.29) is 5.91 Å². The first-order valence-electron chi connectivity index (χ1n) is 10.6. The number of imidazole rings is 1. The Morgan fingerprint density at radius 3 is 2.44 bits per heavy atom. The van der Waals surface area contributed by atoms with E-state index in [0.717, 1.165) is 40.3 Å². The lowest BCUT2D eigenvalue weighted by Gasteiger charge is -2.14. The standard InChI is InChI=1S/C25H28N6O/c1-17-10-8-9-13-19(17)27-20-16-21-23(28-22(20)18-11-6-5-7-12-18)29-24(31(21)4)25(32)26-14-15-30(2)3/h5-13,16,27H,14-15H2,1-4H3,(H,26,32). The molecule has 7 heteroatoms. The van der Waals surface area contributed by atoms with E-state index in [2.05, 4.69) is 28.6 Å². The van der Waals surface area contributed by atoms with E-state index in [4.69, 9.17) is 4.98 Å². The molecular weight excluding hydrogens is 400 g/mol. The number of likely N-dealkylation sites (N-methyl/N-ethyl adjacent to an activating group) is 1. The molecule has 0 fully saturated rings. The minimum absolute atomic E-state index is 0.206. The number of carbonyl (C=O) groups excluding carboxylic acids is 1. The second kappa shape index (κ2) is 9.20. The lowest BCUT2D eigenvalue weighted by atomic mass is 10.1. The summed E-state index contributed by atoms with van der Waals surface area (Å²) in [5.74, 6) is 0.139. The Morgan fingerprint density at radius 2 is 1.72 bits per heavy atom. The number of aryl methyl sites for hydroxylation is 2. The van der Waals surface area contributed by atoms with Crippen molar-refractivity contribution in [1.29, 1.82) is 0 Å². The maximum Gasteiger partial charge on any atom is 0.287 e. The third kappa shape index (κ3) is 4.48. The number of nitrogens with zero attached hydrogens (tertiary/aromatic N) is 4. The highest BCUT2D eigenvalue weighted by atomic mass is 16.2. The van der Waals surface area contributed by atoms with Gasteiger partial charge in [-0.3, -0.25) is 4.79 Å². The first-order chi connectivity index (χ1) is 15.4. The van der Waals surface area contributed by atoms with Gasteiger partial charge in [0.2, 0.25) is 5.82 Å². The Bertz CT molecular complexity index is 1250. The molecule has 1 amide bonds. The van der Waals surface area contributed by atoms with Crippen molar-refractivity contribution in [2.24, 2.45) is 7.05 Å². The summed E-state index contributed by atoms with van der Waals surface area (Å²) in [6.45, 7) is 3.38. The summed E-state index contributed by atoms with van der Waals surface area (Å²) in [7, 11) is 5.79. The van der Waals surface area contributed by atoms with Crippen molar-refractivity contribution in [1.82, 2.24) is 24.8 Å². The molecule has 0 aliphatic heterocycles. The maximum absolute atomic E-state index is 12.7. The fourth-order valence-corrected chi connectivity index (χ4v) is 3.56. The Kier molecular flexibility index (Phi) is 6.18. The Morgan fingerprint density at radius 1 is 1.00 bits per heavy atom. The first kappa shape index (κ1) is 21.5. The minimum Gasteiger partial charge on any atom is -0.353 e. The predicted molar refractivity (Wildman–Crippen MR) is 129 cm³/mol. The number of pyridine rings is 1. The molecule has 0 spiro atoms. The van der Waals surface area contributed by atoms with Gasteiger partial charge in [0.05, 0.1) is 16.9 Å². The zero-order chi connectivity index (χ0) is 22.7. The van der Waals surface area contributed by atoms with Crippen LogP contribution in [0.2, 0.25) is 0 Å². The molecular formula is C25H28N6O. The SMILES string of the molecule is Cc1ccccc1Nc1cc2c(nc1-c1ccccc1)nc(C(=O)NCCN(C)C)n2C. The van der Waals surface area contributed by atoms with Crippen LogP contribution in [0.15, 0.2) is 60.7 Å². The van der Waals surface area contributed by atoms with Crippen LogP contribution in [0.3, 0.4) is 0 Å². The van der Waals surface area contributed by atoms with Gasteiger partial charge in [0.1, 0.15) is 0 Å². The average Bonchev–Trinajstić information content (AvgIpc) is 3.11. The van der Waals surface area contributed by atoms with Gasteiger partial charge >= 0.3 is 0 Å². The number of rotatable bonds is 7. The number of nitrogens with one attached hydrogen (secondary N) is 2. The normalized spacial score (nSPS) is 11.2.